The van der Waals surface area contributed by atoms with E-state index in [-0.39, 0.29) is 6.42 Å². The molecule has 0 unspecified atom stereocenters. The fourth-order valence-electron chi connectivity index (χ4n) is 4.01. The summed E-state index contributed by atoms with van der Waals surface area (Å²) < 4.78 is 10.8. The van der Waals surface area contributed by atoms with Crippen molar-refractivity contribution in [1.29, 1.82) is 0 Å². The van der Waals surface area contributed by atoms with E-state index in [1.165, 1.54) is 18.0 Å². The van der Waals surface area contributed by atoms with Crippen molar-refractivity contribution in [3.63, 3.8) is 0 Å². The third-order valence-corrected chi connectivity index (χ3v) is 6.27. The number of carbonyl (C=O) groups is 1. The van der Waals surface area contributed by atoms with Gasteiger partial charge in [-0.25, -0.2) is 0 Å². The Hall–Kier alpha value is -3.02. The summed E-state index contributed by atoms with van der Waals surface area (Å²) in [5, 5.41) is 10.8. The number of aliphatic carboxylic acids is 1. The number of rotatable bonds is 10. The molecule has 1 N–H and O–H groups in total. The van der Waals surface area contributed by atoms with Crippen LogP contribution in [-0.2, 0) is 11.2 Å². The molecule has 0 fully saturated rings. The fourth-order valence-corrected chi connectivity index (χ4v) is 4.58. The number of halogens is 2. The molecule has 3 aromatic rings. The summed E-state index contributed by atoms with van der Waals surface area (Å²) in [4.78, 5) is 16.3. The normalized spacial score (nSPS) is 12.5. The Balaban J connectivity index is 2.06. The topological polar surface area (TPSA) is 68.7 Å². The van der Waals surface area contributed by atoms with Gasteiger partial charge in [0.05, 0.1) is 30.2 Å². The van der Waals surface area contributed by atoms with E-state index in [0.717, 1.165) is 17.5 Å². The molecule has 0 spiro atoms. The van der Waals surface area contributed by atoms with E-state index in [1.807, 2.05) is 42.5 Å². The molecule has 0 radical (unpaired) electrons. The molecule has 3 rings (SSSR count). The van der Waals surface area contributed by atoms with E-state index in [1.54, 1.807) is 20.3 Å². The highest BCUT2D eigenvalue weighted by Crippen LogP contribution is 2.39. The summed E-state index contributed by atoms with van der Waals surface area (Å²) in [7, 11) is 3.12. The van der Waals surface area contributed by atoms with Crippen LogP contribution in [0.5, 0.6) is 11.5 Å². The van der Waals surface area contributed by atoms with E-state index in [4.69, 9.17) is 32.7 Å². The molecule has 1 heterocycles. The van der Waals surface area contributed by atoms with Crippen molar-refractivity contribution in [2.75, 3.05) is 14.2 Å². The van der Waals surface area contributed by atoms with Gasteiger partial charge in [-0.2, -0.15) is 0 Å². The van der Waals surface area contributed by atoms with Crippen LogP contribution in [0.1, 0.15) is 48.4 Å². The molecule has 2 aromatic carbocycles. The molecule has 1 aromatic heterocycles. The number of ether oxygens (including phenoxy) is 2. The fraction of sp³-hybridized carbons (Fsp3) is 0.286. The number of carboxylic acid groups (broad SMARTS) is 1. The second-order valence-electron chi connectivity index (χ2n) is 8.63. The zero-order valence-corrected chi connectivity index (χ0v) is 21.7. The molecular formula is C28H29Cl2NO4. The second-order valence-corrected chi connectivity index (χ2v) is 9.45. The quantitative estimate of drug-likeness (QED) is 0.308. The largest absolute Gasteiger partial charge is 0.493 e. The van der Waals surface area contributed by atoms with Crippen molar-refractivity contribution < 1.29 is 19.4 Å². The van der Waals surface area contributed by atoms with Crippen LogP contribution in [-0.4, -0.2) is 30.3 Å². The van der Waals surface area contributed by atoms with Gasteiger partial charge in [-0.3, -0.25) is 9.78 Å². The average molecular weight is 514 g/mol. The van der Waals surface area contributed by atoms with Gasteiger partial charge in [0.1, 0.15) is 0 Å². The minimum absolute atomic E-state index is 0.234. The molecule has 0 bridgehead atoms. The Labute approximate surface area is 216 Å². The molecule has 0 aliphatic carbocycles. The van der Waals surface area contributed by atoms with Gasteiger partial charge in [0.25, 0.3) is 0 Å². The molecule has 184 valence electrons. The SMILES string of the molecule is COc1ccc(C(=CC[C@H](C(=O)O)c2ccc(CC(C)C)cc2)c2c(Cl)cncc2Cl)cc1OC. The van der Waals surface area contributed by atoms with Gasteiger partial charge in [0.2, 0.25) is 0 Å². The molecule has 5 nitrogen and oxygen atoms in total. The first-order valence-corrected chi connectivity index (χ1v) is 12.0. The van der Waals surface area contributed by atoms with Gasteiger partial charge in [-0.15, -0.1) is 0 Å². The maximum atomic E-state index is 12.2. The van der Waals surface area contributed by atoms with E-state index in [2.05, 4.69) is 18.8 Å². The summed E-state index contributed by atoms with van der Waals surface area (Å²) in [6.07, 6.45) is 6.06. The van der Waals surface area contributed by atoms with Crippen molar-refractivity contribution in [3.05, 3.63) is 93.2 Å². The van der Waals surface area contributed by atoms with Crippen LogP contribution in [0, 0.1) is 5.92 Å². The van der Waals surface area contributed by atoms with Gasteiger partial charge in [0, 0.05) is 18.0 Å². The van der Waals surface area contributed by atoms with Gasteiger partial charge in [-0.05, 0) is 53.2 Å². The predicted molar refractivity (Wildman–Crippen MR) is 141 cm³/mol. The van der Waals surface area contributed by atoms with Crippen LogP contribution in [0.4, 0.5) is 0 Å². The first-order valence-electron chi connectivity index (χ1n) is 11.3. The van der Waals surface area contributed by atoms with Crippen LogP contribution >= 0.6 is 23.2 Å². The molecular weight excluding hydrogens is 485 g/mol. The van der Waals surface area contributed by atoms with Crippen LogP contribution in [0.3, 0.4) is 0 Å². The lowest BCUT2D eigenvalue weighted by atomic mass is 9.90. The monoisotopic (exact) mass is 513 g/mol. The summed E-state index contributed by atoms with van der Waals surface area (Å²) >= 11 is 13.0. The second kappa shape index (κ2) is 12.1. The van der Waals surface area contributed by atoms with Crippen molar-refractivity contribution >= 4 is 34.7 Å². The number of methoxy groups -OCH3 is 2. The van der Waals surface area contributed by atoms with Crippen molar-refractivity contribution in [2.45, 2.75) is 32.6 Å². The van der Waals surface area contributed by atoms with Crippen LogP contribution in [0.25, 0.3) is 5.57 Å². The third-order valence-electron chi connectivity index (χ3n) is 5.70. The number of hydrogen-bond donors (Lipinski definition) is 1. The minimum atomic E-state index is -0.906. The van der Waals surface area contributed by atoms with Crippen molar-refractivity contribution in [1.82, 2.24) is 4.98 Å². The summed E-state index contributed by atoms with van der Waals surface area (Å²) in [5.41, 5.74) is 3.94. The van der Waals surface area contributed by atoms with Gasteiger partial charge < -0.3 is 14.6 Å². The highest BCUT2D eigenvalue weighted by Gasteiger charge is 2.21. The van der Waals surface area contributed by atoms with Crippen LogP contribution in [0.2, 0.25) is 10.0 Å². The number of carboxylic acids is 1. The van der Waals surface area contributed by atoms with Gasteiger partial charge in [-0.1, -0.05) is 73.5 Å². The third kappa shape index (κ3) is 6.56. The molecule has 35 heavy (non-hydrogen) atoms. The summed E-state index contributed by atoms with van der Waals surface area (Å²) in [6.45, 7) is 4.31. The lowest BCUT2D eigenvalue weighted by Crippen LogP contribution is -2.11. The van der Waals surface area contributed by atoms with Gasteiger partial charge >= 0.3 is 5.97 Å². The van der Waals surface area contributed by atoms with Crippen LogP contribution < -0.4 is 9.47 Å². The maximum Gasteiger partial charge on any atom is 0.311 e. The zero-order valence-electron chi connectivity index (χ0n) is 20.2. The predicted octanol–water partition coefficient (Wildman–Crippen LogP) is 7.29. The maximum absolute atomic E-state index is 12.2. The summed E-state index contributed by atoms with van der Waals surface area (Å²) in [5.74, 6) is -0.00724. The molecule has 0 saturated carbocycles. The molecule has 0 amide bonds. The number of hydrogen-bond acceptors (Lipinski definition) is 4. The first-order chi connectivity index (χ1) is 16.7. The number of pyridine rings is 1. The smallest absolute Gasteiger partial charge is 0.311 e. The van der Waals surface area contributed by atoms with E-state index >= 15 is 0 Å². The van der Waals surface area contributed by atoms with Crippen molar-refractivity contribution in [2.24, 2.45) is 5.92 Å². The summed E-state index contributed by atoms with van der Waals surface area (Å²) in [6, 6.07) is 13.2. The number of benzene rings is 2. The standard InChI is InChI=1S/C28H29Cl2NO4/c1-17(2)13-18-5-7-19(8-6-18)22(28(32)33)11-10-21(27-23(29)15-31-16-24(27)30)20-9-12-25(34-3)26(14-20)35-4/h5-10,12,14-17,22H,11,13H2,1-4H3,(H,32,33)/t22-/m0/s1. The van der Waals surface area contributed by atoms with E-state index in [9.17, 15) is 9.90 Å². The zero-order chi connectivity index (χ0) is 25.5. The molecule has 0 saturated heterocycles. The van der Waals surface area contributed by atoms with Crippen molar-refractivity contribution in [3.8, 4) is 11.5 Å². The van der Waals surface area contributed by atoms with E-state index in [0.29, 0.717) is 38.6 Å². The number of nitrogens with zero attached hydrogens (tertiary/aromatic N) is 1. The molecule has 1 atom stereocenters. The first kappa shape index (κ1) is 26.6. The highest BCUT2D eigenvalue weighted by atomic mass is 35.5. The number of aromatic nitrogens is 1. The lowest BCUT2D eigenvalue weighted by molar-refractivity contribution is -0.138. The Bertz CT molecular complexity index is 1190. The van der Waals surface area contributed by atoms with Gasteiger partial charge in [0.15, 0.2) is 11.5 Å². The Morgan fingerprint density at radius 3 is 2.17 bits per heavy atom. The van der Waals surface area contributed by atoms with E-state index < -0.39 is 11.9 Å². The Morgan fingerprint density at radius 1 is 1.00 bits per heavy atom. The van der Waals surface area contributed by atoms with Crippen LogP contribution in [0.15, 0.2) is 60.9 Å². The minimum Gasteiger partial charge on any atom is -0.493 e. The highest BCUT2D eigenvalue weighted by molar-refractivity contribution is 6.37. The Kier molecular flexibility index (Phi) is 9.19. The average Bonchev–Trinajstić information content (AvgIpc) is 2.82. The Morgan fingerprint density at radius 2 is 1.63 bits per heavy atom. The lowest BCUT2D eigenvalue weighted by Gasteiger charge is -2.17. The molecule has 7 heteroatoms. The molecule has 0 aliphatic rings. The molecule has 0 aliphatic heterocycles. The number of allylic oxidation sites excluding steroid dienone is 1.